The highest BCUT2D eigenvalue weighted by molar-refractivity contribution is 5.91. The van der Waals surface area contributed by atoms with Crippen molar-refractivity contribution >= 4 is 5.78 Å². The van der Waals surface area contributed by atoms with Crippen molar-refractivity contribution in [2.75, 3.05) is 0 Å². The Kier molecular flexibility index (Phi) is 3.99. The van der Waals surface area contributed by atoms with Gasteiger partial charge in [-0.05, 0) is 93.0 Å². The smallest absolute Gasteiger partial charge is 0.155 e. The zero-order valence-electron chi connectivity index (χ0n) is 15.9. The fourth-order valence-corrected chi connectivity index (χ4v) is 7.14. The summed E-state index contributed by atoms with van der Waals surface area (Å²) in [6, 6.07) is 0. The van der Waals surface area contributed by atoms with Crippen LogP contribution in [0.15, 0.2) is 12.2 Å². The lowest BCUT2D eigenvalue weighted by atomic mass is 9.46. The van der Waals surface area contributed by atoms with Gasteiger partial charge >= 0.3 is 0 Å². The van der Waals surface area contributed by atoms with Gasteiger partial charge in [0.05, 0.1) is 12.2 Å². The molecule has 3 saturated carbocycles. The summed E-state index contributed by atoms with van der Waals surface area (Å²) in [6.07, 6.45) is 13.6. The first-order chi connectivity index (χ1) is 11.3. The Morgan fingerprint density at radius 1 is 1.12 bits per heavy atom. The molecular weight excluding hydrogens is 296 g/mol. The Balaban J connectivity index is 0.00000182. The van der Waals surface area contributed by atoms with Gasteiger partial charge < -0.3 is 4.74 Å². The van der Waals surface area contributed by atoms with Gasteiger partial charge in [0.2, 0.25) is 0 Å². The molecule has 136 valence electrons. The number of ether oxygens (including phenoxy) is 1. The summed E-state index contributed by atoms with van der Waals surface area (Å²) in [7, 11) is 0. The van der Waals surface area contributed by atoms with Crippen molar-refractivity contribution in [2.24, 2.45) is 34.5 Å². The molecule has 0 radical (unpaired) electrons. The Morgan fingerprint density at radius 3 is 2.67 bits per heavy atom. The molecule has 4 rings (SSSR count). The molecule has 24 heavy (non-hydrogen) atoms. The van der Waals surface area contributed by atoms with E-state index in [-0.39, 0.29) is 6.84 Å². The summed E-state index contributed by atoms with van der Waals surface area (Å²) in [4.78, 5) is 11.9. The number of fused-ring (bicyclic) bond motifs is 5. The first kappa shape index (κ1) is 16.8. The number of rotatable bonds is 2. The third-order valence-corrected chi connectivity index (χ3v) is 8.39. The van der Waals surface area contributed by atoms with Crippen molar-refractivity contribution in [1.82, 2.24) is 0 Å². The lowest BCUT2D eigenvalue weighted by Gasteiger charge is -2.58. The van der Waals surface area contributed by atoms with E-state index in [1.165, 1.54) is 38.5 Å². The van der Waals surface area contributed by atoms with Crippen LogP contribution in [0.3, 0.4) is 0 Å². The van der Waals surface area contributed by atoms with Gasteiger partial charge in [-0.1, -0.05) is 19.9 Å². The van der Waals surface area contributed by atoms with E-state index in [1.807, 2.05) is 6.08 Å². The summed E-state index contributed by atoms with van der Waals surface area (Å²) < 4.78 is 6.35. The topological polar surface area (TPSA) is 26.3 Å². The number of hydrogen-bond acceptors (Lipinski definition) is 2. The summed E-state index contributed by atoms with van der Waals surface area (Å²) in [5, 5.41) is 0. The van der Waals surface area contributed by atoms with Crippen molar-refractivity contribution in [3.63, 3.8) is 0 Å². The second kappa shape index (κ2) is 5.69. The SMILES string of the molecule is CC(C)O[C@H]1CC[C@H]2C3CC[C@H]4CC(=O)C=C[C@]4(C)[C@H]3CC[C@]12C.[HH]. The van der Waals surface area contributed by atoms with Crippen molar-refractivity contribution in [1.29, 1.82) is 0 Å². The Hall–Kier alpha value is -0.630. The van der Waals surface area contributed by atoms with Crippen LogP contribution in [0, 0.1) is 34.5 Å². The highest BCUT2D eigenvalue weighted by Gasteiger charge is 2.59. The van der Waals surface area contributed by atoms with Gasteiger partial charge in [-0.15, -0.1) is 0 Å². The van der Waals surface area contributed by atoms with Crippen LogP contribution < -0.4 is 0 Å². The molecule has 0 bridgehead atoms. The van der Waals surface area contributed by atoms with E-state index in [0.29, 0.717) is 29.3 Å². The second-order valence-electron chi connectivity index (χ2n) is 9.82. The minimum atomic E-state index is 0. The molecular formula is C22H36O2. The van der Waals surface area contributed by atoms with E-state index in [2.05, 4.69) is 33.8 Å². The molecule has 0 aromatic rings. The van der Waals surface area contributed by atoms with Gasteiger partial charge in [-0.25, -0.2) is 0 Å². The lowest BCUT2D eigenvalue weighted by molar-refractivity contribution is -0.130. The van der Waals surface area contributed by atoms with E-state index in [1.54, 1.807) is 0 Å². The van der Waals surface area contributed by atoms with E-state index in [0.717, 1.165) is 24.2 Å². The lowest BCUT2D eigenvalue weighted by Crippen LogP contribution is -2.53. The maximum Gasteiger partial charge on any atom is 0.155 e. The van der Waals surface area contributed by atoms with Crippen LogP contribution in [-0.2, 0) is 9.53 Å². The van der Waals surface area contributed by atoms with Gasteiger partial charge in [0.15, 0.2) is 5.78 Å². The van der Waals surface area contributed by atoms with Crippen LogP contribution >= 0.6 is 0 Å². The highest BCUT2D eigenvalue weighted by atomic mass is 16.5. The molecule has 0 saturated heterocycles. The first-order valence-electron chi connectivity index (χ1n) is 10.2. The molecule has 0 N–H and O–H groups in total. The van der Waals surface area contributed by atoms with Gasteiger partial charge in [0.1, 0.15) is 0 Å². The number of carbonyl (C=O) groups excluding carboxylic acids is 1. The molecule has 0 aromatic carbocycles. The number of ketones is 1. The minimum absolute atomic E-state index is 0. The summed E-state index contributed by atoms with van der Waals surface area (Å²) in [5.41, 5.74) is 0.637. The minimum Gasteiger partial charge on any atom is -0.375 e. The fourth-order valence-electron chi connectivity index (χ4n) is 7.14. The van der Waals surface area contributed by atoms with Crippen molar-refractivity contribution in [3.05, 3.63) is 12.2 Å². The molecule has 4 aliphatic carbocycles. The third kappa shape index (κ3) is 2.35. The molecule has 0 aliphatic heterocycles. The summed E-state index contributed by atoms with van der Waals surface area (Å²) in [6.45, 7) is 9.33. The normalized spacial score (nSPS) is 50.5. The van der Waals surface area contributed by atoms with Crippen LogP contribution in [0.25, 0.3) is 0 Å². The monoisotopic (exact) mass is 332 g/mol. The molecule has 1 unspecified atom stereocenters. The van der Waals surface area contributed by atoms with Crippen molar-refractivity contribution in [2.45, 2.75) is 84.8 Å². The predicted octanol–water partition coefficient (Wildman–Crippen LogP) is 5.41. The van der Waals surface area contributed by atoms with E-state index < -0.39 is 0 Å². The van der Waals surface area contributed by atoms with Crippen LogP contribution in [-0.4, -0.2) is 18.0 Å². The molecule has 0 heterocycles. The van der Waals surface area contributed by atoms with Crippen LogP contribution in [0.2, 0.25) is 0 Å². The van der Waals surface area contributed by atoms with Crippen LogP contribution in [0.5, 0.6) is 0 Å². The number of hydrogen-bond donors (Lipinski definition) is 0. The van der Waals surface area contributed by atoms with Crippen molar-refractivity contribution < 1.29 is 11.0 Å². The summed E-state index contributed by atoms with van der Waals surface area (Å²) in [5.74, 6) is 3.37. The van der Waals surface area contributed by atoms with Gasteiger partial charge in [0, 0.05) is 7.85 Å². The molecule has 4 aliphatic rings. The Labute approximate surface area is 148 Å². The average Bonchev–Trinajstić information content (AvgIpc) is 2.84. The van der Waals surface area contributed by atoms with E-state index in [9.17, 15) is 4.79 Å². The molecule has 2 heteroatoms. The largest absolute Gasteiger partial charge is 0.375 e. The maximum absolute atomic E-state index is 11.9. The van der Waals surface area contributed by atoms with Gasteiger partial charge in [-0.3, -0.25) is 4.79 Å². The summed E-state index contributed by atoms with van der Waals surface area (Å²) >= 11 is 0. The quantitative estimate of drug-likeness (QED) is 0.675. The van der Waals surface area contributed by atoms with Gasteiger partial charge in [-0.2, -0.15) is 0 Å². The van der Waals surface area contributed by atoms with Gasteiger partial charge in [0.25, 0.3) is 0 Å². The zero-order chi connectivity index (χ0) is 17.1. The van der Waals surface area contributed by atoms with Crippen LogP contribution in [0.1, 0.15) is 74.1 Å². The Morgan fingerprint density at radius 2 is 1.92 bits per heavy atom. The molecule has 0 amide bonds. The predicted molar refractivity (Wildman–Crippen MR) is 98.8 cm³/mol. The molecule has 7 atom stereocenters. The zero-order valence-corrected chi connectivity index (χ0v) is 15.9. The third-order valence-electron chi connectivity index (χ3n) is 8.39. The highest BCUT2D eigenvalue weighted by Crippen LogP contribution is 2.65. The molecule has 0 spiro atoms. The number of carbonyl (C=O) groups is 1. The number of allylic oxidation sites excluding steroid dienone is 2. The average molecular weight is 333 g/mol. The standard InChI is InChI=1S/C22H34O2.H2/c1-14(2)24-20-8-7-18-17-6-5-15-13-16(23)9-11-21(15,3)19(17)10-12-22(18,20)4;/h9,11,14-15,17-20H,5-8,10,12-13H2,1-4H3;1H/t15-,17?,18-,19-,20-,21-,22-;/m0./s1. The first-order valence-corrected chi connectivity index (χ1v) is 10.2. The molecule has 3 fully saturated rings. The van der Waals surface area contributed by atoms with E-state index in [4.69, 9.17) is 4.74 Å². The van der Waals surface area contributed by atoms with Crippen LogP contribution in [0.4, 0.5) is 0 Å². The second-order valence-corrected chi connectivity index (χ2v) is 9.82. The Bertz CT molecular complexity index is 556. The molecule has 2 nitrogen and oxygen atoms in total. The van der Waals surface area contributed by atoms with E-state index >= 15 is 0 Å². The van der Waals surface area contributed by atoms with Crippen molar-refractivity contribution in [3.8, 4) is 0 Å². The maximum atomic E-state index is 11.9. The molecule has 0 aromatic heterocycles. The fraction of sp³-hybridized carbons (Fsp3) is 0.864.